The second kappa shape index (κ2) is 8.62. The molecule has 1 unspecified atom stereocenters. The molecule has 1 atom stereocenters. The molecule has 0 bridgehead atoms. The maximum absolute atomic E-state index is 9.82. The first kappa shape index (κ1) is 17.4. The van der Waals surface area contributed by atoms with E-state index in [0.29, 0.717) is 6.54 Å². The highest BCUT2D eigenvalue weighted by Gasteiger charge is 2.21. The summed E-state index contributed by atoms with van der Waals surface area (Å²) in [5.74, 6) is 0.916. The number of anilines is 1. The fourth-order valence-corrected chi connectivity index (χ4v) is 2.73. The van der Waals surface area contributed by atoms with Crippen LogP contribution in [0.1, 0.15) is 13.8 Å². The van der Waals surface area contributed by atoms with Crippen LogP contribution >= 0.6 is 0 Å². The predicted octanol–water partition coefficient (Wildman–Crippen LogP) is 2.27. The van der Waals surface area contributed by atoms with Crippen molar-refractivity contribution in [1.29, 1.82) is 0 Å². The lowest BCUT2D eigenvalue weighted by atomic mass is 10.2. The van der Waals surface area contributed by atoms with Gasteiger partial charge < -0.3 is 14.7 Å². The Morgan fingerprint density at radius 2 is 1.96 bits per heavy atom. The molecule has 7 nitrogen and oxygen atoms in total. The zero-order valence-electron chi connectivity index (χ0n) is 13.8. The third-order valence-corrected chi connectivity index (χ3v) is 3.77. The zero-order chi connectivity index (χ0) is 16.7. The molecule has 2 rings (SSSR count). The van der Waals surface area contributed by atoms with Gasteiger partial charge in [0.1, 0.15) is 5.75 Å². The largest absolute Gasteiger partial charge is 0.489 e. The van der Waals surface area contributed by atoms with Gasteiger partial charge in [-0.3, -0.25) is 4.90 Å². The Bertz CT molecular complexity index is 537. The van der Waals surface area contributed by atoms with Crippen molar-refractivity contribution in [1.82, 2.24) is 4.90 Å². The topological polar surface area (TPSA) is 84.7 Å². The predicted molar refractivity (Wildman–Crippen MR) is 90.9 cm³/mol. The molecule has 1 aliphatic heterocycles. The summed E-state index contributed by atoms with van der Waals surface area (Å²) in [7, 11) is 0. The van der Waals surface area contributed by atoms with Crippen LogP contribution in [0.4, 0.5) is 5.69 Å². The van der Waals surface area contributed by atoms with Gasteiger partial charge in [0, 0.05) is 37.6 Å². The van der Waals surface area contributed by atoms with Gasteiger partial charge in [-0.15, -0.1) is 0 Å². The number of nitrogens with zero attached hydrogens (tertiary/aromatic N) is 5. The van der Waals surface area contributed by atoms with E-state index in [1.165, 1.54) is 0 Å². The van der Waals surface area contributed by atoms with E-state index in [4.69, 9.17) is 10.3 Å². The standard InChI is InChI=1S/C16H25N5O2/c1-13(2)23-16-6-4-3-5-15(16)21-9-7-20(8-10-21)12-14(22)11-18-19-17/h3-6,13-14,22H,7-12H2,1-2H3. The van der Waals surface area contributed by atoms with Crippen molar-refractivity contribution in [3.8, 4) is 5.75 Å². The fraction of sp³-hybridized carbons (Fsp3) is 0.625. The molecule has 1 heterocycles. The van der Waals surface area contributed by atoms with Crippen LogP contribution < -0.4 is 9.64 Å². The molecular weight excluding hydrogens is 294 g/mol. The van der Waals surface area contributed by atoms with Crippen molar-refractivity contribution in [2.45, 2.75) is 26.1 Å². The Labute approximate surface area is 137 Å². The summed E-state index contributed by atoms with van der Waals surface area (Å²) in [5.41, 5.74) is 9.41. The van der Waals surface area contributed by atoms with Crippen molar-refractivity contribution in [3.63, 3.8) is 0 Å². The Morgan fingerprint density at radius 3 is 2.61 bits per heavy atom. The monoisotopic (exact) mass is 319 g/mol. The van der Waals surface area contributed by atoms with Gasteiger partial charge in [0.05, 0.1) is 24.4 Å². The molecule has 1 fully saturated rings. The van der Waals surface area contributed by atoms with Gasteiger partial charge in [0.25, 0.3) is 0 Å². The SMILES string of the molecule is CC(C)Oc1ccccc1N1CCN(CC(O)CN=[N+]=[N-])CC1. The molecule has 0 aromatic heterocycles. The van der Waals surface area contributed by atoms with Gasteiger partial charge in [0.15, 0.2) is 0 Å². The molecule has 1 aliphatic rings. The highest BCUT2D eigenvalue weighted by Crippen LogP contribution is 2.29. The van der Waals surface area contributed by atoms with Crippen molar-refractivity contribution < 1.29 is 9.84 Å². The first-order valence-corrected chi connectivity index (χ1v) is 8.02. The normalized spacial score (nSPS) is 17.0. The molecule has 0 aliphatic carbocycles. The highest BCUT2D eigenvalue weighted by molar-refractivity contribution is 5.58. The van der Waals surface area contributed by atoms with E-state index in [2.05, 4.69) is 25.9 Å². The lowest BCUT2D eigenvalue weighted by Crippen LogP contribution is -2.49. The number of β-amino-alcohol motifs (C(OH)–C–C–N with tert-alkyl or cyclic N) is 1. The van der Waals surface area contributed by atoms with Gasteiger partial charge >= 0.3 is 0 Å². The van der Waals surface area contributed by atoms with Gasteiger partial charge in [-0.05, 0) is 31.5 Å². The second-order valence-corrected chi connectivity index (χ2v) is 5.99. The van der Waals surface area contributed by atoms with Crippen molar-refractivity contribution >= 4 is 5.69 Å². The number of hydrogen-bond acceptors (Lipinski definition) is 5. The van der Waals surface area contributed by atoms with Crippen molar-refractivity contribution in [3.05, 3.63) is 34.7 Å². The minimum absolute atomic E-state index is 0.127. The van der Waals surface area contributed by atoms with E-state index in [9.17, 15) is 5.11 Å². The Kier molecular flexibility index (Phi) is 6.52. The molecule has 1 aromatic carbocycles. The molecule has 23 heavy (non-hydrogen) atoms. The maximum Gasteiger partial charge on any atom is 0.142 e. The first-order chi connectivity index (χ1) is 11.1. The first-order valence-electron chi connectivity index (χ1n) is 8.02. The van der Waals surface area contributed by atoms with Crippen LogP contribution in [0.15, 0.2) is 29.4 Å². The lowest BCUT2D eigenvalue weighted by molar-refractivity contribution is 0.115. The Morgan fingerprint density at radius 1 is 1.26 bits per heavy atom. The summed E-state index contributed by atoms with van der Waals surface area (Å²) >= 11 is 0. The van der Waals surface area contributed by atoms with E-state index < -0.39 is 6.10 Å². The Hall–Kier alpha value is -1.95. The van der Waals surface area contributed by atoms with Gasteiger partial charge in [-0.2, -0.15) is 0 Å². The summed E-state index contributed by atoms with van der Waals surface area (Å²) in [6.07, 6.45) is -0.456. The van der Waals surface area contributed by atoms with Crippen LogP contribution in [0.25, 0.3) is 10.4 Å². The number of ether oxygens (including phenoxy) is 1. The van der Waals surface area contributed by atoms with Crippen LogP contribution in [-0.4, -0.2) is 61.5 Å². The highest BCUT2D eigenvalue weighted by atomic mass is 16.5. The molecule has 1 saturated heterocycles. The van der Waals surface area contributed by atoms with E-state index in [0.717, 1.165) is 37.6 Å². The van der Waals surface area contributed by atoms with Crippen LogP contribution in [-0.2, 0) is 0 Å². The average molecular weight is 319 g/mol. The molecule has 0 radical (unpaired) electrons. The maximum atomic E-state index is 9.82. The van der Waals surface area contributed by atoms with Gasteiger partial charge in [0.2, 0.25) is 0 Å². The Balaban J connectivity index is 1.90. The number of aliphatic hydroxyl groups excluding tert-OH is 1. The second-order valence-electron chi connectivity index (χ2n) is 5.99. The minimum Gasteiger partial charge on any atom is -0.489 e. The van der Waals surface area contributed by atoms with Crippen molar-refractivity contribution in [2.24, 2.45) is 5.11 Å². The van der Waals surface area contributed by atoms with E-state index in [1.807, 2.05) is 32.0 Å². The van der Waals surface area contributed by atoms with E-state index >= 15 is 0 Å². The van der Waals surface area contributed by atoms with Crippen LogP contribution in [0, 0.1) is 0 Å². The fourth-order valence-electron chi connectivity index (χ4n) is 2.73. The summed E-state index contributed by atoms with van der Waals surface area (Å²) in [6, 6.07) is 8.11. The number of piperazine rings is 1. The number of aliphatic hydroxyl groups is 1. The average Bonchev–Trinajstić information content (AvgIpc) is 2.54. The number of benzene rings is 1. The van der Waals surface area contributed by atoms with Crippen LogP contribution in [0.2, 0.25) is 0 Å². The van der Waals surface area contributed by atoms with E-state index in [1.54, 1.807) is 0 Å². The summed E-state index contributed by atoms with van der Waals surface area (Å²) in [6.45, 7) is 8.21. The zero-order valence-corrected chi connectivity index (χ0v) is 13.8. The summed E-state index contributed by atoms with van der Waals surface area (Å²) < 4.78 is 5.89. The molecule has 0 saturated carbocycles. The number of hydrogen-bond donors (Lipinski definition) is 1. The van der Waals surface area contributed by atoms with Crippen molar-refractivity contribution in [2.75, 3.05) is 44.2 Å². The third kappa shape index (κ3) is 5.32. The number of para-hydroxylation sites is 2. The minimum atomic E-state index is -0.603. The quantitative estimate of drug-likeness (QED) is 0.474. The summed E-state index contributed by atoms with van der Waals surface area (Å²) in [4.78, 5) is 7.19. The lowest BCUT2D eigenvalue weighted by Gasteiger charge is -2.37. The molecule has 126 valence electrons. The molecule has 7 heteroatoms. The number of rotatable bonds is 7. The van der Waals surface area contributed by atoms with Crippen LogP contribution in [0.3, 0.4) is 0 Å². The van der Waals surface area contributed by atoms with E-state index in [-0.39, 0.29) is 12.6 Å². The number of azide groups is 1. The molecule has 0 amide bonds. The smallest absolute Gasteiger partial charge is 0.142 e. The van der Waals surface area contributed by atoms with Gasteiger partial charge in [-0.1, -0.05) is 17.2 Å². The van der Waals surface area contributed by atoms with Crippen LogP contribution in [0.5, 0.6) is 5.75 Å². The third-order valence-electron chi connectivity index (χ3n) is 3.77. The van der Waals surface area contributed by atoms with Gasteiger partial charge in [-0.25, -0.2) is 0 Å². The molecule has 1 aromatic rings. The summed E-state index contributed by atoms with van der Waals surface area (Å²) in [5, 5.41) is 13.2. The molecule has 0 spiro atoms. The molecular formula is C16H25N5O2. The molecule has 1 N–H and O–H groups in total.